The van der Waals surface area contributed by atoms with Crippen LogP contribution in [0.3, 0.4) is 0 Å². The van der Waals surface area contributed by atoms with E-state index in [1.54, 1.807) is 22.5 Å². The van der Waals surface area contributed by atoms with Crippen molar-refractivity contribution < 1.29 is 8.42 Å². The number of halogens is 2. The second kappa shape index (κ2) is 8.61. The molecule has 2 fully saturated rings. The maximum Gasteiger partial charge on any atom is 0.252 e. The zero-order valence-corrected chi connectivity index (χ0v) is 19.3. The van der Waals surface area contributed by atoms with Crippen LogP contribution in [0.5, 0.6) is 0 Å². The second-order valence-electron chi connectivity index (χ2n) is 7.34. The molecule has 0 aliphatic carbocycles. The summed E-state index contributed by atoms with van der Waals surface area (Å²) < 4.78 is 28.6. The molecule has 1 atom stereocenters. The normalized spacial score (nSPS) is 21.6. The van der Waals surface area contributed by atoms with Crippen molar-refractivity contribution in [1.29, 1.82) is 0 Å². The maximum atomic E-state index is 13.3. The van der Waals surface area contributed by atoms with Crippen molar-refractivity contribution in [2.45, 2.75) is 17.2 Å². The van der Waals surface area contributed by atoms with E-state index in [9.17, 15) is 8.42 Å². The van der Waals surface area contributed by atoms with Crippen LogP contribution >= 0.6 is 34.5 Å². The van der Waals surface area contributed by atoms with Gasteiger partial charge in [0.05, 0.1) is 15.7 Å². The highest BCUT2D eigenvalue weighted by molar-refractivity contribution is 7.91. The topological polar surface area (TPSA) is 55.9 Å². The lowest BCUT2D eigenvalue weighted by Crippen LogP contribution is -2.53. The largest absolute Gasteiger partial charge is 0.367 e. The molecule has 1 aromatic heterocycles. The molecule has 0 unspecified atom stereocenters. The van der Waals surface area contributed by atoms with E-state index in [0.717, 1.165) is 36.9 Å². The van der Waals surface area contributed by atoms with E-state index in [0.29, 0.717) is 33.9 Å². The average molecular weight is 475 g/mol. The summed E-state index contributed by atoms with van der Waals surface area (Å²) in [6.07, 6.45) is 0. The highest BCUT2D eigenvalue weighted by atomic mass is 35.5. The molecule has 158 valence electrons. The van der Waals surface area contributed by atoms with Crippen molar-refractivity contribution in [3.05, 3.63) is 40.4 Å². The predicted molar refractivity (Wildman–Crippen MR) is 121 cm³/mol. The third-order valence-electron chi connectivity index (χ3n) is 5.38. The Hall–Kier alpha value is -1.03. The molecule has 0 radical (unpaired) electrons. The van der Waals surface area contributed by atoms with Gasteiger partial charge >= 0.3 is 0 Å². The summed E-state index contributed by atoms with van der Waals surface area (Å²) in [6, 6.07) is 8.92. The number of benzene rings is 1. The molecule has 0 bridgehead atoms. The average Bonchev–Trinajstić information content (AvgIpc) is 3.19. The monoisotopic (exact) mass is 474 g/mol. The van der Waals surface area contributed by atoms with Gasteiger partial charge in [-0.05, 0) is 37.3 Å². The molecule has 0 saturated carbocycles. The van der Waals surface area contributed by atoms with E-state index >= 15 is 0 Å². The molecule has 3 heterocycles. The van der Waals surface area contributed by atoms with Crippen LogP contribution in [0, 0.1) is 0 Å². The maximum absolute atomic E-state index is 13.3. The Morgan fingerprint density at radius 1 is 1.03 bits per heavy atom. The molecular formula is C19H24Cl2N4O2S2. The van der Waals surface area contributed by atoms with Gasteiger partial charge in [-0.2, -0.15) is 4.31 Å². The molecular weight excluding hydrogens is 451 g/mol. The minimum Gasteiger partial charge on any atom is -0.367 e. The van der Waals surface area contributed by atoms with Crippen molar-refractivity contribution in [2.24, 2.45) is 0 Å². The number of anilines is 2. The van der Waals surface area contributed by atoms with Crippen molar-refractivity contribution in [3.8, 4) is 0 Å². The number of thiophene rings is 1. The molecule has 29 heavy (non-hydrogen) atoms. The molecule has 1 aromatic carbocycles. The van der Waals surface area contributed by atoms with Crippen molar-refractivity contribution in [1.82, 2.24) is 9.62 Å². The van der Waals surface area contributed by atoms with Crippen LogP contribution in [0.4, 0.5) is 10.7 Å². The first-order valence-corrected chi connectivity index (χ1v) is 12.6. The number of hydrogen-bond donors (Lipinski definition) is 1. The van der Waals surface area contributed by atoms with Gasteiger partial charge in [-0.3, -0.25) is 0 Å². The van der Waals surface area contributed by atoms with Crippen molar-refractivity contribution in [2.75, 3.05) is 55.6 Å². The van der Waals surface area contributed by atoms with E-state index in [4.69, 9.17) is 23.2 Å². The quantitative estimate of drug-likeness (QED) is 0.735. The SMILES string of the molecule is C[C@@H]1CN(c2ccc(Cl)cc2Cl)CCN1S(=O)(=O)c1ccc(N2CCNCC2)s1. The van der Waals surface area contributed by atoms with Crippen LogP contribution in [-0.2, 0) is 10.0 Å². The number of sulfonamides is 1. The van der Waals surface area contributed by atoms with Gasteiger partial charge < -0.3 is 15.1 Å². The Balaban J connectivity index is 1.49. The van der Waals surface area contributed by atoms with Gasteiger partial charge in [-0.1, -0.05) is 23.2 Å². The first-order chi connectivity index (χ1) is 13.9. The summed E-state index contributed by atoms with van der Waals surface area (Å²) in [5.74, 6) is 0. The Labute approximate surface area is 186 Å². The zero-order chi connectivity index (χ0) is 20.6. The van der Waals surface area contributed by atoms with E-state index in [-0.39, 0.29) is 6.04 Å². The standard InChI is InChI=1S/C19H24Cl2N4O2S2/c1-14-13-24(17-3-2-15(20)12-16(17)21)10-11-25(14)29(26,27)19-5-4-18(28-19)23-8-6-22-7-9-23/h2-5,12,14,22H,6-11,13H2,1H3/t14-/m1/s1. The third-order valence-corrected chi connectivity index (χ3v) is 9.54. The van der Waals surface area contributed by atoms with Gasteiger partial charge in [0.2, 0.25) is 0 Å². The number of hydrogen-bond acceptors (Lipinski definition) is 6. The fourth-order valence-electron chi connectivity index (χ4n) is 3.87. The first kappa shape index (κ1) is 21.2. The van der Waals surface area contributed by atoms with E-state index in [2.05, 4.69) is 15.1 Å². The summed E-state index contributed by atoms with van der Waals surface area (Å²) in [5, 5.41) is 5.51. The van der Waals surface area contributed by atoms with Crippen LogP contribution in [0.2, 0.25) is 10.0 Å². The second-order valence-corrected chi connectivity index (χ2v) is 11.4. The summed E-state index contributed by atoms with van der Waals surface area (Å²) in [5.41, 5.74) is 0.886. The molecule has 6 nitrogen and oxygen atoms in total. The lowest BCUT2D eigenvalue weighted by Gasteiger charge is -2.40. The highest BCUT2D eigenvalue weighted by Crippen LogP contribution is 2.35. The number of piperazine rings is 2. The number of rotatable bonds is 4. The Morgan fingerprint density at radius 3 is 2.48 bits per heavy atom. The minimum absolute atomic E-state index is 0.162. The molecule has 0 amide bonds. The number of nitrogens with zero attached hydrogens (tertiary/aromatic N) is 3. The fourth-order valence-corrected chi connectivity index (χ4v) is 7.49. The highest BCUT2D eigenvalue weighted by Gasteiger charge is 2.35. The molecule has 0 spiro atoms. The molecule has 2 aromatic rings. The van der Waals surface area contributed by atoms with Gasteiger partial charge in [-0.15, -0.1) is 11.3 Å². The third kappa shape index (κ3) is 4.38. The van der Waals surface area contributed by atoms with Crippen molar-refractivity contribution >= 4 is 55.3 Å². The Kier molecular flexibility index (Phi) is 6.30. The van der Waals surface area contributed by atoms with Crippen LogP contribution in [0.1, 0.15) is 6.92 Å². The molecule has 2 saturated heterocycles. The molecule has 4 rings (SSSR count). The Bertz CT molecular complexity index is 976. The molecule has 10 heteroatoms. The van der Waals surface area contributed by atoms with Gasteiger partial charge in [-0.25, -0.2) is 8.42 Å². The fraction of sp³-hybridized carbons (Fsp3) is 0.474. The van der Waals surface area contributed by atoms with E-state index in [1.165, 1.54) is 11.3 Å². The lowest BCUT2D eigenvalue weighted by atomic mass is 10.2. The van der Waals surface area contributed by atoms with Gasteiger partial charge in [0.1, 0.15) is 4.21 Å². The molecule has 1 N–H and O–H groups in total. The smallest absolute Gasteiger partial charge is 0.252 e. The molecule has 2 aliphatic heterocycles. The van der Waals surface area contributed by atoms with E-state index in [1.807, 2.05) is 19.1 Å². The Morgan fingerprint density at radius 2 is 1.79 bits per heavy atom. The van der Waals surface area contributed by atoms with Crippen LogP contribution in [0.15, 0.2) is 34.5 Å². The van der Waals surface area contributed by atoms with Gasteiger partial charge in [0.25, 0.3) is 10.0 Å². The summed E-state index contributed by atoms with van der Waals surface area (Å²) in [6.45, 7) is 7.17. The minimum atomic E-state index is -3.52. The van der Waals surface area contributed by atoms with Crippen molar-refractivity contribution in [3.63, 3.8) is 0 Å². The van der Waals surface area contributed by atoms with Crippen LogP contribution in [0.25, 0.3) is 0 Å². The summed E-state index contributed by atoms with van der Waals surface area (Å²) in [4.78, 5) is 4.36. The van der Waals surface area contributed by atoms with E-state index < -0.39 is 10.0 Å². The number of nitrogens with one attached hydrogen (secondary N) is 1. The van der Waals surface area contributed by atoms with Gasteiger partial charge in [0, 0.05) is 56.9 Å². The lowest BCUT2D eigenvalue weighted by molar-refractivity contribution is 0.307. The summed E-state index contributed by atoms with van der Waals surface area (Å²) in [7, 11) is -3.52. The summed E-state index contributed by atoms with van der Waals surface area (Å²) >= 11 is 13.7. The zero-order valence-electron chi connectivity index (χ0n) is 16.1. The van der Waals surface area contributed by atoms with Crippen LogP contribution < -0.4 is 15.1 Å². The molecule has 2 aliphatic rings. The first-order valence-electron chi connectivity index (χ1n) is 9.63. The predicted octanol–water partition coefficient (Wildman–Crippen LogP) is 3.36. The van der Waals surface area contributed by atoms with Gasteiger partial charge in [0.15, 0.2) is 0 Å². The van der Waals surface area contributed by atoms with Crippen LogP contribution in [-0.4, -0.2) is 64.6 Å².